The lowest BCUT2D eigenvalue weighted by Gasteiger charge is -2.60. The zero-order valence-corrected chi connectivity index (χ0v) is 16.6. The number of carboxylic acids is 1. The average molecular weight is 405 g/mol. The number of benzene rings is 1. The van der Waals surface area contributed by atoms with E-state index in [-0.39, 0.29) is 15.8 Å². The zero-order chi connectivity index (χ0) is 18.4. The molecule has 4 rings (SSSR count). The van der Waals surface area contributed by atoms with E-state index in [1.165, 1.54) is 31.4 Å². The molecular formula is C19H22Cl3O3-. The van der Waals surface area contributed by atoms with Gasteiger partial charge in [-0.3, -0.25) is 0 Å². The van der Waals surface area contributed by atoms with Crippen LogP contribution in [0.15, 0.2) is 12.1 Å². The van der Waals surface area contributed by atoms with Gasteiger partial charge in [-0.15, -0.1) is 0 Å². The number of fused-ring (bicyclic) bond motifs is 2. The van der Waals surface area contributed by atoms with Gasteiger partial charge in [0, 0.05) is 6.07 Å². The Morgan fingerprint density at radius 1 is 1.24 bits per heavy atom. The topological polar surface area (TPSA) is 49.4 Å². The van der Waals surface area contributed by atoms with Gasteiger partial charge in [0.25, 0.3) is 0 Å². The van der Waals surface area contributed by atoms with E-state index in [9.17, 15) is 9.90 Å². The van der Waals surface area contributed by atoms with Crippen molar-refractivity contribution in [3.8, 4) is 5.75 Å². The van der Waals surface area contributed by atoms with Crippen LogP contribution < -0.4 is 9.84 Å². The molecule has 4 atom stereocenters. The molecule has 0 spiro atoms. The molecule has 3 saturated carbocycles. The van der Waals surface area contributed by atoms with Crippen molar-refractivity contribution in [3.63, 3.8) is 0 Å². The summed E-state index contributed by atoms with van der Waals surface area (Å²) in [4.78, 5) is 11.5. The molecule has 0 N–H and O–H groups in total. The van der Waals surface area contributed by atoms with Crippen molar-refractivity contribution in [2.45, 2.75) is 52.1 Å². The van der Waals surface area contributed by atoms with Gasteiger partial charge in [-0.25, -0.2) is 0 Å². The zero-order valence-electron chi connectivity index (χ0n) is 14.4. The Kier molecular flexibility index (Phi) is 5.49. The predicted octanol–water partition coefficient (Wildman–Crippen LogP) is 5.00. The first-order valence-electron chi connectivity index (χ1n) is 8.72. The van der Waals surface area contributed by atoms with Crippen molar-refractivity contribution < 1.29 is 14.6 Å². The van der Waals surface area contributed by atoms with E-state index < -0.39 is 12.1 Å². The number of hydrogen-bond acceptors (Lipinski definition) is 3. The van der Waals surface area contributed by atoms with Crippen LogP contribution in [-0.4, -0.2) is 12.1 Å². The van der Waals surface area contributed by atoms with Gasteiger partial charge in [0.1, 0.15) is 11.9 Å². The minimum absolute atomic E-state index is 0.220. The van der Waals surface area contributed by atoms with Gasteiger partial charge < -0.3 is 14.6 Å². The average Bonchev–Trinajstić information content (AvgIpc) is 2.55. The van der Waals surface area contributed by atoms with Gasteiger partial charge in [-0.2, -0.15) is 0 Å². The van der Waals surface area contributed by atoms with Crippen molar-refractivity contribution >= 4 is 40.8 Å². The smallest absolute Gasteiger partial charge is 0.140 e. The minimum Gasteiger partial charge on any atom is -0.546 e. The van der Waals surface area contributed by atoms with Gasteiger partial charge in [0.05, 0.1) is 21.0 Å². The van der Waals surface area contributed by atoms with Crippen LogP contribution in [0.4, 0.5) is 0 Å². The van der Waals surface area contributed by atoms with Crippen LogP contribution in [-0.2, 0) is 4.79 Å². The number of ether oxygens (including phenoxy) is 1. The van der Waals surface area contributed by atoms with Crippen LogP contribution in [0.25, 0.3) is 0 Å². The number of carboxylic acid groups (broad SMARTS) is 1. The van der Waals surface area contributed by atoms with Crippen molar-refractivity contribution in [1.82, 2.24) is 0 Å². The summed E-state index contributed by atoms with van der Waals surface area (Å²) in [6, 6.07) is 2.90. The van der Waals surface area contributed by atoms with Crippen LogP contribution in [0.1, 0.15) is 46.0 Å². The summed E-state index contributed by atoms with van der Waals surface area (Å²) in [6.07, 6.45) is 3.86. The molecule has 4 unspecified atom stereocenters. The molecule has 0 aromatic heterocycles. The molecule has 3 fully saturated rings. The molecule has 1 aromatic carbocycles. The highest BCUT2D eigenvalue weighted by atomic mass is 35.5. The second-order valence-corrected chi connectivity index (χ2v) is 9.12. The Morgan fingerprint density at radius 2 is 1.92 bits per heavy atom. The molecule has 0 amide bonds. The maximum atomic E-state index is 11.5. The van der Waals surface area contributed by atoms with Gasteiger partial charge in [-0.05, 0) is 61.3 Å². The number of halogens is 3. The molecule has 138 valence electrons. The predicted molar refractivity (Wildman–Crippen MR) is 98.2 cm³/mol. The third-order valence-corrected chi connectivity index (χ3v) is 7.33. The largest absolute Gasteiger partial charge is 0.546 e. The second kappa shape index (κ2) is 7.17. The van der Waals surface area contributed by atoms with Crippen molar-refractivity contribution in [3.05, 3.63) is 27.2 Å². The molecule has 0 aliphatic heterocycles. The lowest BCUT2D eigenvalue weighted by Crippen LogP contribution is -2.52. The van der Waals surface area contributed by atoms with Crippen molar-refractivity contribution in [2.24, 2.45) is 23.2 Å². The Morgan fingerprint density at radius 3 is 2.52 bits per heavy atom. The SMILES string of the molecule is CC1(C)C2CCC(CCC(Oc3cc(Cl)c(Cl)cc3Cl)C(=O)[O-])C1C2. The van der Waals surface area contributed by atoms with E-state index in [4.69, 9.17) is 39.5 Å². The summed E-state index contributed by atoms with van der Waals surface area (Å²) in [5.74, 6) is 1.05. The van der Waals surface area contributed by atoms with E-state index in [0.29, 0.717) is 28.7 Å². The standard InChI is InChI=1S/C19H23Cl3O3/c1-19(2)11-5-3-10(12(19)7-11)4-6-16(18(23)24)25-17-9-14(21)13(20)8-15(17)22/h8-12,16H,3-7H2,1-2H3,(H,23,24)/p-1. The molecular weight excluding hydrogens is 383 g/mol. The summed E-state index contributed by atoms with van der Waals surface area (Å²) >= 11 is 17.9. The molecule has 0 heterocycles. The Hall–Kier alpha value is -0.640. The number of carbonyl (C=O) groups is 1. The highest BCUT2D eigenvalue weighted by Crippen LogP contribution is 2.62. The number of hydrogen-bond donors (Lipinski definition) is 0. The van der Waals surface area contributed by atoms with Gasteiger partial charge in [0.15, 0.2) is 0 Å². The summed E-state index contributed by atoms with van der Waals surface area (Å²) in [5.41, 5.74) is 0.383. The molecule has 0 saturated heterocycles. The summed E-state index contributed by atoms with van der Waals surface area (Å²) in [6.45, 7) is 4.67. The molecule has 3 aliphatic carbocycles. The first-order chi connectivity index (χ1) is 11.7. The normalized spacial score (nSPS) is 28.1. The molecule has 0 radical (unpaired) electrons. The summed E-state index contributed by atoms with van der Waals surface area (Å²) in [7, 11) is 0. The minimum atomic E-state index is -1.23. The Balaban J connectivity index is 1.64. The molecule has 6 heteroatoms. The highest BCUT2D eigenvalue weighted by molar-refractivity contribution is 6.43. The monoisotopic (exact) mass is 403 g/mol. The van der Waals surface area contributed by atoms with Crippen molar-refractivity contribution in [1.29, 1.82) is 0 Å². The third kappa shape index (κ3) is 3.74. The highest BCUT2D eigenvalue weighted by Gasteiger charge is 2.53. The molecule has 3 aliphatic rings. The Labute approximate surface area is 163 Å². The summed E-state index contributed by atoms with van der Waals surface area (Å²) in [5, 5.41) is 12.3. The summed E-state index contributed by atoms with van der Waals surface area (Å²) < 4.78 is 5.60. The molecule has 1 aromatic rings. The Bertz CT molecular complexity index is 672. The maximum absolute atomic E-state index is 11.5. The van der Waals surface area contributed by atoms with E-state index in [1.807, 2.05) is 0 Å². The number of rotatable bonds is 6. The van der Waals surface area contributed by atoms with Gasteiger partial charge in [-0.1, -0.05) is 48.7 Å². The van der Waals surface area contributed by atoms with Crippen molar-refractivity contribution in [2.75, 3.05) is 0 Å². The molecule has 2 bridgehead atoms. The van der Waals surface area contributed by atoms with Crippen LogP contribution in [0.5, 0.6) is 5.75 Å². The van der Waals surface area contributed by atoms with Gasteiger partial charge in [0.2, 0.25) is 0 Å². The number of carbonyl (C=O) groups excluding carboxylic acids is 1. The van der Waals surface area contributed by atoms with Crippen LogP contribution in [0, 0.1) is 23.2 Å². The fraction of sp³-hybridized carbons (Fsp3) is 0.632. The van der Waals surface area contributed by atoms with E-state index in [2.05, 4.69) is 13.8 Å². The lowest BCUT2D eigenvalue weighted by molar-refractivity contribution is -0.314. The quantitative estimate of drug-likeness (QED) is 0.627. The van der Waals surface area contributed by atoms with E-state index in [1.54, 1.807) is 0 Å². The third-order valence-electron chi connectivity index (χ3n) is 6.31. The molecule has 3 nitrogen and oxygen atoms in total. The van der Waals surface area contributed by atoms with Crippen LogP contribution >= 0.6 is 34.8 Å². The first-order valence-corrected chi connectivity index (χ1v) is 9.85. The lowest BCUT2D eigenvalue weighted by atomic mass is 9.45. The van der Waals surface area contributed by atoms with E-state index >= 15 is 0 Å². The molecule has 25 heavy (non-hydrogen) atoms. The van der Waals surface area contributed by atoms with Crippen LogP contribution in [0.3, 0.4) is 0 Å². The maximum Gasteiger partial charge on any atom is 0.140 e. The van der Waals surface area contributed by atoms with Gasteiger partial charge >= 0.3 is 0 Å². The second-order valence-electron chi connectivity index (χ2n) is 7.90. The van der Waals surface area contributed by atoms with Crippen LogP contribution in [0.2, 0.25) is 15.1 Å². The number of aliphatic carboxylic acids is 1. The fourth-order valence-corrected chi connectivity index (χ4v) is 5.23. The fourth-order valence-electron chi connectivity index (χ4n) is 4.65. The van der Waals surface area contributed by atoms with E-state index in [0.717, 1.165) is 12.3 Å². The first kappa shape index (κ1) is 19.1.